The number of benzene rings is 1. The number of hydrogen-bond acceptors (Lipinski definition) is 2. The average Bonchev–Trinajstić information content (AvgIpc) is 2.20. The maximum Gasteiger partial charge on any atom is 0.215 e. The molecule has 0 radical (unpaired) electrons. The van der Waals surface area contributed by atoms with Gasteiger partial charge in [-0.15, -0.1) is 5.10 Å². The van der Waals surface area contributed by atoms with Crippen molar-refractivity contribution in [3.63, 3.8) is 0 Å². The SMILES string of the molecule is CN(C)/C(N)=N\N=C\c1ccccc1Cl. The van der Waals surface area contributed by atoms with E-state index < -0.39 is 0 Å². The van der Waals surface area contributed by atoms with Crippen LogP contribution in [-0.2, 0) is 0 Å². The van der Waals surface area contributed by atoms with Crippen LogP contribution in [0, 0.1) is 0 Å². The minimum atomic E-state index is 0.346. The van der Waals surface area contributed by atoms with Crippen molar-refractivity contribution in [2.24, 2.45) is 15.9 Å². The Balaban J connectivity index is 2.75. The molecule has 1 aromatic carbocycles. The molecule has 0 heterocycles. The highest BCUT2D eigenvalue weighted by Crippen LogP contribution is 2.12. The van der Waals surface area contributed by atoms with E-state index in [9.17, 15) is 0 Å². The van der Waals surface area contributed by atoms with Crippen LogP contribution in [0.25, 0.3) is 0 Å². The van der Waals surface area contributed by atoms with Crippen LogP contribution in [0.5, 0.6) is 0 Å². The normalized spacial score (nSPS) is 12.1. The first-order chi connectivity index (χ1) is 7.11. The van der Waals surface area contributed by atoms with Gasteiger partial charge in [0.25, 0.3) is 0 Å². The van der Waals surface area contributed by atoms with E-state index in [-0.39, 0.29) is 0 Å². The van der Waals surface area contributed by atoms with Crippen LogP contribution in [0.3, 0.4) is 0 Å². The first-order valence-corrected chi connectivity index (χ1v) is 4.77. The highest BCUT2D eigenvalue weighted by molar-refractivity contribution is 6.33. The third kappa shape index (κ3) is 3.59. The zero-order valence-corrected chi connectivity index (χ0v) is 9.44. The average molecular weight is 225 g/mol. The minimum Gasteiger partial charge on any atom is -0.368 e. The lowest BCUT2D eigenvalue weighted by Gasteiger charge is -2.07. The highest BCUT2D eigenvalue weighted by Gasteiger charge is 1.94. The predicted molar refractivity (Wildman–Crippen MR) is 64.4 cm³/mol. The van der Waals surface area contributed by atoms with Crippen molar-refractivity contribution < 1.29 is 0 Å². The highest BCUT2D eigenvalue weighted by atomic mass is 35.5. The quantitative estimate of drug-likeness (QED) is 0.471. The van der Waals surface area contributed by atoms with Crippen molar-refractivity contribution >= 4 is 23.8 Å². The van der Waals surface area contributed by atoms with Crippen LogP contribution in [0.1, 0.15) is 5.56 Å². The Morgan fingerprint density at radius 1 is 1.40 bits per heavy atom. The molecule has 0 bridgehead atoms. The Hall–Kier alpha value is -1.55. The molecule has 80 valence electrons. The number of nitrogens with zero attached hydrogens (tertiary/aromatic N) is 3. The van der Waals surface area contributed by atoms with Crippen molar-refractivity contribution in [1.29, 1.82) is 0 Å². The number of rotatable bonds is 2. The van der Waals surface area contributed by atoms with Crippen molar-refractivity contribution in [3.05, 3.63) is 34.9 Å². The van der Waals surface area contributed by atoms with E-state index in [0.717, 1.165) is 5.56 Å². The van der Waals surface area contributed by atoms with Gasteiger partial charge in [-0.2, -0.15) is 5.10 Å². The summed E-state index contributed by atoms with van der Waals surface area (Å²) in [7, 11) is 3.59. The minimum absolute atomic E-state index is 0.346. The predicted octanol–water partition coefficient (Wildman–Crippen LogP) is 1.55. The molecule has 0 aromatic heterocycles. The van der Waals surface area contributed by atoms with Gasteiger partial charge in [0, 0.05) is 24.7 Å². The second-order valence-electron chi connectivity index (χ2n) is 3.12. The second kappa shape index (κ2) is 5.36. The number of halogens is 1. The van der Waals surface area contributed by atoms with Gasteiger partial charge in [0.05, 0.1) is 6.21 Å². The van der Waals surface area contributed by atoms with Crippen LogP contribution < -0.4 is 5.73 Å². The molecule has 0 saturated heterocycles. The summed E-state index contributed by atoms with van der Waals surface area (Å²) in [5, 5.41) is 8.27. The first-order valence-electron chi connectivity index (χ1n) is 4.39. The smallest absolute Gasteiger partial charge is 0.215 e. The molecule has 0 aliphatic rings. The molecule has 4 nitrogen and oxygen atoms in total. The molecule has 0 saturated carbocycles. The molecule has 2 N–H and O–H groups in total. The van der Waals surface area contributed by atoms with E-state index in [4.69, 9.17) is 17.3 Å². The summed E-state index contributed by atoms with van der Waals surface area (Å²) in [5.74, 6) is 0.346. The maximum absolute atomic E-state index is 5.92. The molecule has 5 heteroatoms. The van der Waals surface area contributed by atoms with E-state index in [0.29, 0.717) is 11.0 Å². The van der Waals surface area contributed by atoms with Crippen LogP contribution >= 0.6 is 11.6 Å². The van der Waals surface area contributed by atoms with Crippen molar-refractivity contribution in [1.82, 2.24) is 4.90 Å². The van der Waals surface area contributed by atoms with Gasteiger partial charge < -0.3 is 10.6 Å². The van der Waals surface area contributed by atoms with Crippen LogP contribution in [-0.4, -0.2) is 31.2 Å². The molecule has 0 aliphatic heterocycles. The summed E-state index contributed by atoms with van der Waals surface area (Å²) in [6.45, 7) is 0. The van der Waals surface area contributed by atoms with E-state index in [2.05, 4.69) is 10.2 Å². The molecule has 0 atom stereocenters. The number of guanidine groups is 1. The van der Waals surface area contributed by atoms with E-state index in [1.54, 1.807) is 31.3 Å². The second-order valence-corrected chi connectivity index (χ2v) is 3.53. The Morgan fingerprint density at radius 2 is 2.07 bits per heavy atom. The molecule has 1 rings (SSSR count). The fourth-order valence-electron chi connectivity index (χ4n) is 0.819. The summed E-state index contributed by atoms with van der Waals surface area (Å²) in [6.07, 6.45) is 1.57. The zero-order chi connectivity index (χ0) is 11.3. The Bertz CT molecular complexity index is 385. The lowest BCUT2D eigenvalue weighted by molar-refractivity contribution is 0.611. The largest absolute Gasteiger partial charge is 0.368 e. The van der Waals surface area contributed by atoms with E-state index in [1.165, 1.54) is 0 Å². The molecular weight excluding hydrogens is 212 g/mol. The van der Waals surface area contributed by atoms with Gasteiger partial charge in [0.2, 0.25) is 5.96 Å². The molecular formula is C10H13ClN4. The van der Waals surface area contributed by atoms with Gasteiger partial charge in [-0.25, -0.2) is 0 Å². The fourth-order valence-corrected chi connectivity index (χ4v) is 1.00. The van der Waals surface area contributed by atoms with Gasteiger partial charge in [-0.05, 0) is 6.07 Å². The van der Waals surface area contributed by atoms with E-state index in [1.807, 2.05) is 18.2 Å². The van der Waals surface area contributed by atoms with Gasteiger partial charge in [-0.1, -0.05) is 29.8 Å². The molecule has 0 amide bonds. The fraction of sp³-hybridized carbons (Fsp3) is 0.200. The van der Waals surface area contributed by atoms with Gasteiger partial charge >= 0.3 is 0 Å². The summed E-state index contributed by atoms with van der Waals surface area (Å²) in [4.78, 5) is 1.67. The summed E-state index contributed by atoms with van der Waals surface area (Å²) in [5.41, 5.74) is 6.36. The van der Waals surface area contributed by atoms with Crippen LogP contribution in [0.4, 0.5) is 0 Å². The van der Waals surface area contributed by atoms with E-state index >= 15 is 0 Å². The summed E-state index contributed by atoms with van der Waals surface area (Å²) >= 11 is 5.92. The lowest BCUT2D eigenvalue weighted by Crippen LogP contribution is -2.29. The van der Waals surface area contributed by atoms with Crippen molar-refractivity contribution in [2.75, 3.05) is 14.1 Å². The Morgan fingerprint density at radius 3 is 2.67 bits per heavy atom. The molecule has 1 aromatic rings. The van der Waals surface area contributed by atoms with Crippen molar-refractivity contribution in [2.45, 2.75) is 0 Å². The summed E-state index contributed by atoms with van der Waals surface area (Å²) < 4.78 is 0. The third-order valence-corrected chi connectivity index (χ3v) is 2.06. The van der Waals surface area contributed by atoms with Gasteiger partial charge in [-0.3, -0.25) is 0 Å². The monoisotopic (exact) mass is 224 g/mol. The standard InChI is InChI=1S/C10H13ClN4/c1-15(2)10(12)14-13-7-8-5-3-4-6-9(8)11/h3-7H,1-2H3,(H2,12,14)/b13-7+. The van der Waals surface area contributed by atoms with Crippen molar-refractivity contribution in [3.8, 4) is 0 Å². The maximum atomic E-state index is 5.92. The van der Waals surface area contributed by atoms with Gasteiger partial charge in [0.1, 0.15) is 0 Å². The number of hydrogen-bond donors (Lipinski definition) is 1. The summed E-state index contributed by atoms with van der Waals surface area (Å²) in [6, 6.07) is 7.39. The first kappa shape index (κ1) is 11.5. The van der Waals surface area contributed by atoms with Gasteiger partial charge in [0.15, 0.2) is 0 Å². The number of nitrogens with two attached hydrogens (primary N) is 1. The van der Waals surface area contributed by atoms with Crippen LogP contribution in [0.15, 0.2) is 34.5 Å². The Kier molecular flexibility index (Phi) is 4.12. The molecule has 0 aliphatic carbocycles. The topological polar surface area (TPSA) is 54.0 Å². The molecule has 15 heavy (non-hydrogen) atoms. The molecule has 0 unspecified atom stereocenters. The Labute approximate surface area is 94.1 Å². The molecule has 0 fully saturated rings. The zero-order valence-electron chi connectivity index (χ0n) is 8.68. The molecule has 0 spiro atoms. The van der Waals surface area contributed by atoms with Crippen LogP contribution in [0.2, 0.25) is 5.02 Å². The lowest BCUT2D eigenvalue weighted by atomic mass is 10.2. The third-order valence-electron chi connectivity index (χ3n) is 1.72.